The Bertz CT molecular complexity index is 553. The average molecular weight is 351 g/mol. The first-order valence-corrected chi connectivity index (χ1v) is 8.54. The van der Waals surface area contributed by atoms with E-state index in [1.807, 2.05) is 18.2 Å². The highest BCUT2D eigenvalue weighted by Gasteiger charge is 2.24. The molecule has 0 aliphatic carbocycles. The number of methoxy groups -OCH3 is 3. The zero-order valence-electron chi connectivity index (χ0n) is 16.6. The smallest absolute Gasteiger partial charge is 0.191 e. The molecule has 0 aliphatic rings. The number of guanidine groups is 1. The molecule has 6 heteroatoms. The van der Waals surface area contributed by atoms with E-state index in [1.165, 1.54) is 0 Å². The van der Waals surface area contributed by atoms with Crippen molar-refractivity contribution in [1.29, 1.82) is 0 Å². The highest BCUT2D eigenvalue weighted by Crippen LogP contribution is 2.24. The lowest BCUT2D eigenvalue weighted by Gasteiger charge is -2.30. The molecule has 1 aromatic rings. The molecule has 0 aliphatic heterocycles. The Labute approximate surface area is 152 Å². The highest BCUT2D eigenvalue weighted by molar-refractivity contribution is 5.79. The van der Waals surface area contributed by atoms with E-state index in [0.717, 1.165) is 36.0 Å². The lowest BCUT2D eigenvalue weighted by Crippen LogP contribution is -2.45. The van der Waals surface area contributed by atoms with Crippen LogP contribution in [0.5, 0.6) is 11.5 Å². The molecule has 0 fully saturated rings. The van der Waals surface area contributed by atoms with Gasteiger partial charge in [-0.15, -0.1) is 0 Å². The van der Waals surface area contributed by atoms with Crippen LogP contribution in [0.4, 0.5) is 0 Å². The minimum absolute atomic E-state index is 0.0640. The summed E-state index contributed by atoms with van der Waals surface area (Å²) >= 11 is 0. The molecule has 0 heterocycles. The van der Waals surface area contributed by atoms with Gasteiger partial charge in [-0.1, -0.05) is 20.8 Å². The molecule has 1 rings (SSSR count). The van der Waals surface area contributed by atoms with Crippen molar-refractivity contribution in [2.24, 2.45) is 10.4 Å². The van der Waals surface area contributed by atoms with Crippen molar-refractivity contribution in [3.05, 3.63) is 23.8 Å². The molecule has 25 heavy (non-hydrogen) atoms. The van der Waals surface area contributed by atoms with Gasteiger partial charge in [0.1, 0.15) is 11.5 Å². The summed E-state index contributed by atoms with van der Waals surface area (Å²) in [5.41, 5.74) is 1.16. The van der Waals surface area contributed by atoms with Gasteiger partial charge in [-0.2, -0.15) is 0 Å². The quantitative estimate of drug-likeness (QED) is 0.556. The number of aliphatic imine (C=N–C) groups is 1. The molecule has 142 valence electrons. The number of ether oxygens (including phenoxy) is 3. The molecule has 1 atom stereocenters. The van der Waals surface area contributed by atoms with Gasteiger partial charge < -0.3 is 24.8 Å². The molecule has 1 aromatic carbocycles. The molecule has 1 unspecified atom stereocenters. The summed E-state index contributed by atoms with van der Waals surface area (Å²) in [6.07, 6.45) is 0.901. The van der Waals surface area contributed by atoms with Crippen LogP contribution in [0.3, 0.4) is 0 Å². The fraction of sp³-hybridized carbons (Fsp3) is 0.632. The standard InChI is InChI=1S/C19H33N3O3/c1-19(2,3)17(25-7)13-22-18(20-4)21-11-10-14-12-15(23-5)8-9-16(14)24-6/h8-9,12,17H,10-11,13H2,1-7H3,(H2,20,21,22). The minimum atomic E-state index is 0.0640. The van der Waals surface area contributed by atoms with Crippen molar-refractivity contribution >= 4 is 5.96 Å². The van der Waals surface area contributed by atoms with Gasteiger partial charge in [0.25, 0.3) is 0 Å². The van der Waals surface area contributed by atoms with E-state index < -0.39 is 0 Å². The van der Waals surface area contributed by atoms with Crippen LogP contribution >= 0.6 is 0 Å². The van der Waals surface area contributed by atoms with E-state index in [9.17, 15) is 0 Å². The summed E-state index contributed by atoms with van der Waals surface area (Å²) in [7, 11) is 6.84. The van der Waals surface area contributed by atoms with E-state index in [4.69, 9.17) is 14.2 Å². The normalized spacial score (nSPS) is 13.3. The van der Waals surface area contributed by atoms with Gasteiger partial charge in [-0.05, 0) is 35.6 Å². The van der Waals surface area contributed by atoms with E-state index in [1.54, 1.807) is 28.4 Å². The molecule has 2 N–H and O–H groups in total. The second-order valence-electron chi connectivity index (χ2n) is 6.90. The predicted molar refractivity (Wildman–Crippen MR) is 103 cm³/mol. The molecule has 6 nitrogen and oxygen atoms in total. The third kappa shape index (κ3) is 6.82. The van der Waals surface area contributed by atoms with Gasteiger partial charge >= 0.3 is 0 Å². The molecule has 0 aromatic heterocycles. The molecular formula is C19H33N3O3. The Morgan fingerprint density at radius 2 is 1.84 bits per heavy atom. The van der Waals surface area contributed by atoms with Gasteiger partial charge in [0.2, 0.25) is 0 Å². The summed E-state index contributed by atoms with van der Waals surface area (Å²) in [5, 5.41) is 6.65. The predicted octanol–water partition coefficient (Wildman–Crippen LogP) is 2.47. The van der Waals surface area contributed by atoms with Crippen molar-refractivity contribution in [3.8, 4) is 11.5 Å². The maximum absolute atomic E-state index is 5.56. The minimum Gasteiger partial charge on any atom is -0.497 e. The van der Waals surface area contributed by atoms with Gasteiger partial charge in [0.05, 0.1) is 20.3 Å². The van der Waals surface area contributed by atoms with Crippen LogP contribution in [-0.4, -0.2) is 53.5 Å². The van der Waals surface area contributed by atoms with E-state index in [0.29, 0.717) is 6.54 Å². The maximum Gasteiger partial charge on any atom is 0.191 e. The topological polar surface area (TPSA) is 64.1 Å². The molecule has 0 radical (unpaired) electrons. The van der Waals surface area contributed by atoms with Crippen LogP contribution in [0, 0.1) is 5.41 Å². The Morgan fingerprint density at radius 3 is 2.36 bits per heavy atom. The lowest BCUT2D eigenvalue weighted by atomic mass is 9.89. The number of benzene rings is 1. The Kier molecular flexibility index (Phi) is 8.55. The highest BCUT2D eigenvalue weighted by atomic mass is 16.5. The van der Waals surface area contributed by atoms with Crippen LogP contribution in [0.25, 0.3) is 0 Å². The van der Waals surface area contributed by atoms with E-state index in [2.05, 4.69) is 36.4 Å². The monoisotopic (exact) mass is 351 g/mol. The second kappa shape index (κ2) is 10.1. The first-order valence-electron chi connectivity index (χ1n) is 8.54. The first kappa shape index (κ1) is 21.1. The third-order valence-corrected chi connectivity index (χ3v) is 4.10. The van der Waals surface area contributed by atoms with Gasteiger partial charge in [-0.3, -0.25) is 4.99 Å². The second-order valence-corrected chi connectivity index (χ2v) is 6.90. The lowest BCUT2D eigenvalue weighted by molar-refractivity contribution is 0.0205. The van der Waals surface area contributed by atoms with Crippen molar-refractivity contribution in [2.45, 2.75) is 33.3 Å². The number of hydrogen-bond donors (Lipinski definition) is 2. The number of nitrogens with one attached hydrogen (secondary N) is 2. The summed E-state index contributed by atoms with van der Waals surface area (Å²) in [6, 6.07) is 5.82. The van der Waals surface area contributed by atoms with Crippen molar-refractivity contribution in [3.63, 3.8) is 0 Å². The fourth-order valence-electron chi connectivity index (χ4n) is 2.55. The maximum atomic E-state index is 5.56. The first-order chi connectivity index (χ1) is 11.8. The molecule has 0 saturated carbocycles. The zero-order chi connectivity index (χ0) is 18.9. The zero-order valence-corrected chi connectivity index (χ0v) is 16.6. The number of nitrogens with zero attached hydrogens (tertiary/aromatic N) is 1. The van der Waals surface area contributed by atoms with Crippen molar-refractivity contribution in [1.82, 2.24) is 10.6 Å². The average Bonchev–Trinajstić information content (AvgIpc) is 2.59. The third-order valence-electron chi connectivity index (χ3n) is 4.10. The summed E-state index contributed by atoms with van der Waals surface area (Å²) in [5.74, 6) is 2.44. The molecular weight excluding hydrogens is 318 g/mol. The van der Waals surface area contributed by atoms with Crippen LogP contribution in [0.15, 0.2) is 23.2 Å². The van der Waals surface area contributed by atoms with Crippen LogP contribution in [-0.2, 0) is 11.2 Å². The van der Waals surface area contributed by atoms with Crippen LogP contribution in [0.1, 0.15) is 26.3 Å². The van der Waals surface area contributed by atoms with Crippen LogP contribution in [0.2, 0.25) is 0 Å². The summed E-state index contributed by atoms with van der Waals surface area (Å²) in [4.78, 5) is 4.27. The van der Waals surface area contributed by atoms with Gasteiger partial charge in [0, 0.05) is 27.2 Å². The van der Waals surface area contributed by atoms with E-state index in [-0.39, 0.29) is 11.5 Å². The van der Waals surface area contributed by atoms with Crippen molar-refractivity contribution < 1.29 is 14.2 Å². The van der Waals surface area contributed by atoms with Gasteiger partial charge in [-0.25, -0.2) is 0 Å². The van der Waals surface area contributed by atoms with Crippen LogP contribution < -0.4 is 20.1 Å². The number of rotatable bonds is 8. The molecule has 0 amide bonds. The summed E-state index contributed by atoms with van der Waals surface area (Å²) in [6.45, 7) is 7.91. The summed E-state index contributed by atoms with van der Waals surface area (Å²) < 4.78 is 16.3. The molecule has 0 spiro atoms. The molecule has 0 bridgehead atoms. The Hall–Kier alpha value is -1.95. The van der Waals surface area contributed by atoms with Gasteiger partial charge in [0.15, 0.2) is 5.96 Å². The molecule has 0 saturated heterocycles. The number of hydrogen-bond acceptors (Lipinski definition) is 4. The SMILES string of the molecule is CN=C(NCCc1cc(OC)ccc1OC)NCC(OC)C(C)(C)C. The Morgan fingerprint density at radius 1 is 1.12 bits per heavy atom. The van der Waals surface area contributed by atoms with E-state index >= 15 is 0 Å². The largest absolute Gasteiger partial charge is 0.497 e. The fourth-order valence-corrected chi connectivity index (χ4v) is 2.55. The van der Waals surface area contributed by atoms with Crippen molar-refractivity contribution in [2.75, 3.05) is 41.5 Å². The Balaban J connectivity index is 2.56.